The number of aliphatic hydroxyl groups excluding tert-OH is 1. The molecule has 5 nitrogen and oxygen atoms in total. The van der Waals surface area contributed by atoms with Crippen LogP contribution in [0.4, 0.5) is 4.39 Å². The molecule has 0 aromatic heterocycles. The molecule has 116 valence electrons. The van der Waals surface area contributed by atoms with E-state index in [0.29, 0.717) is 19.4 Å². The zero-order valence-corrected chi connectivity index (χ0v) is 12.5. The van der Waals surface area contributed by atoms with Crippen LogP contribution in [0.1, 0.15) is 25.3 Å². The fraction of sp³-hybridized carbons (Fsp3) is 0.333. The monoisotopic (exact) mass is 325 g/mol. The Morgan fingerprint density at radius 2 is 2.14 bits per heavy atom. The van der Waals surface area contributed by atoms with E-state index in [-0.39, 0.29) is 22.4 Å². The van der Waals surface area contributed by atoms with Crippen molar-refractivity contribution in [3.05, 3.63) is 46.2 Å². The number of nitrogens with zero attached hydrogens (tertiary/aromatic N) is 1. The van der Waals surface area contributed by atoms with E-state index in [1.807, 2.05) is 0 Å². The number of likely N-dealkylation sites (tertiary alicyclic amines) is 1. The van der Waals surface area contributed by atoms with E-state index < -0.39 is 23.0 Å². The third-order valence-corrected chi connectivity index (χ3v) is 4.23. The summed E-state index contributed by atoms with van der Waals surface area (Å²) in [7, 11) is 0. The van der Waals surface area contributed by atoms with Gasteiger partial charge in [0.05, 0.1) is 5.02 Å². The largest absolute Gasteiger partial charge is 0.501 e. The molecule has 1 unspecified atom stereocenters. The number of Topliss-reactive ketones (excluding diaryl/α,β-unsaturated/α-hetero) is 1. The molecule has 7 heteroatoms. The molecule has 3 rings (SSSR count). The first-order valence-corrected chi connectivity index (χ1v) is 7.16. The van der Waals surface area contributed by atoms with E-state index >= 15 is 0 Å². The lowest BCUT2D eigenvalue weighted by atomic mass is 9.91. The van der Waals surface area contributed by atoms with Crippen LogP contribution in [0.25, 0.3) is 0 Å². The predicted molar refractivity (Wildman–Crippen MR) is 75.5 cm³/mol. The minimum absolute atomic E-state index is 0.0850. The quantitative estimate of drug-likeness (QED) is 0.907. The van der Waals surface area contributed by atoms with E-state index in [1.165, 1.54) is 30.0 Å². The van der Waals surface area contributed by atoms with Crippen molar-refractivity contribution in [2.45, 2.75) is 25.4 Å². The van der Waals surface area contributed by atoms with Crippen LogP contribution in [0.5, 0.6) is 0 Å². The SMILES string of the molecule is CC1(c2cccc(Cl)c2F)OC(N2CCCC2=O)=C(O)C1=O. The van der Waals surface area contributed by atoms with Crippen LogP contribution in [0.15, 0.2) is 29.8 Å². The standard InChI is InChI=1S/C15H13ClFNO4/c1-15(8-4-2-5-9(16)11(8)17)13(21)12(20)14(22-15)18-7-3-6-10(18)19/h2,4-5,20H,3,6-7H2,1H3. The van der Waals surface area contributed by atoms with Gasteiger partial charge in [0.2, 0.25) is 23.2 Å². The summed E-state index contributed by atoms with van der Waals surface area (Å²) in [5.41, 5.74) is -1.84. The van der Waals surface area contributed by atoms with Crippen LogP contribution < -0.4 is 0 Å². The lowest BCUT2D eigenvalue weighted by Crippen LogP contribution is -2.33. The van der Waals surface area contributed by atoms with Gasteiger partial charge < -0.3 is 9.84 Å². The molecule has 2 aliphatic heterocycles. The van der Waals surface area contributed by atoms with E-state index in [1.54, 1.807) is 0 Å². The number of rotatable bonds is 2. The first kappa shape index (κ1) is 14.8. The molecule has 2 aliphatic rings. The maximum Gasteiger partial charge on any atom is 0.250 e. The summed E-state index contributed by atoms with van der Waals surface area (Å²) in [6.45, 7) is 1.69. The van der Waals surface area contributed by atoms with Gasteiger partial charge in [-0.1, -0.05) is 23.7 Å². The number of hydrogen-bond donors (Lipinski definition) is 1. The van der Waals surface area contributed by atoms with Crippen molar-refractivity contribution in [3.8, 4) is 0 Å². The van der Waals surface area contributed by atoms with Crippen LogP contribution in [-0.4, -0.2) is 28.2 Å². The van der Waals surface area contributed by atoms with E-state index in [2.05, 4.69) is 0 Å². The summed E-state index contributed by atoms with van der Waals surface area (Å²) < 4.78 is 19.8. The van der Waals surface area contributed by atoms with Gasteiger partial charge in [0.25, 0.3) is 5.78 Å². The molecule has 0 spiro atoms. The number of ether oxygens (including phenoxy) is 1. The summed E-state index contributed by atoms with van der Waals surface area (Å²) in [6, 6.07) is 4.20. The molecule has 1 amide bonds. The predicted octanol–water partition coefficient (Wildman–Crippen LogP) is 2.64. The Labute approximate surface area is 130 Å². The highest BCUT2D eigenvalue weighted by Crippen LogP contribution is 2.41. The van der Waals surface area contributed by atoms with Crippen LogP contribution >= 0.6 is 11.6 Å². The molecule has 1 N–H and O–H groups in total. The van der Waals surface area contributed by atoms with E-state index in [9.17, 15) is 19.1 Å². The number of aliphatic hydroxyl groups is 1. The minimum atomic E-state index is -1.75. The summed E-state index contributed by atoms with van der Waals surface area (Å²) in [5.74, 6) is -2.72. The van der Waals surface area contributed by atoms with Crippen molar-refractivity contribution >= 4 is 23.3 Å². The van der Waals surface area contributed by atoms with Crippen LogP contribution in [0.3, 0.4) is 0 Å². The average Bonchev–Trinajstić information content (AvgIpc) is 3.00. The molecule has 1 saturated heterocycles. The third-order valence-electron chi connectivity index (χ3n) is 3.94. The van der Waals surface area contributed by atoms with Gasteiger partial charge in [0.1, 0.15) is 5.82 Å². The Kier molecular flexibility index (Phi) is 3.36. The molecule has 0 bridgehead atoms. The Morgan fingerprint density at radius 3 is 2.77 bits per heavy atom. The number of benzene rings is 1. The van der Waals surface area contributed by atoms with Crippen molar-refractivity contribution in [1.29, 1.82) is 0 Å². The van der Waals surface area contributed by atoms with Gasteiger partial charge in [-0.3, -0.25) is 14.5 Å². The summed E-state index contributed by atoms with van der Waals surface area (Å²) in [4.78, 5) is 25.4. The first-order chi connectivity index (χ1) is 10.4. The van der Waals surface area contributed by atoms with Crippen LogP contribution in [0.2, 0.25) is 5.02 Å². The molecule has 2 heterocycles. The van der Waals surface area contributed by atoms with E-state index in [4.69, 9.17) is 16.3 Å². The van der Waals surface area contributed by atoms with Gasteiger partial charge in [0, 0.05) is 18.5 Å². The lowest BCUT2D eigenvalue weighted by Gasteiger charge is -2.26. The molecule has 1 fully saturated rings. The van der Waals surface area contributed by atoms with Crippen molar-refractivity contribution in [2.75, 3.05) is 6.54 Å². The summed E-state index contributed by atoms with van der Waals surface area (Å²) in [5, 5.41) is 9.90. The maximum absolute atomic E-state index is 14.2. The molecular formula is C15H13ClFNO4. The second kappa shape index (κ2) is 4.98. The molecule has 0 aliphatic carbocycles. The average molecular weight is 326 g/mol. The molecule has 1 atom stereocenters. The van der Waals surface area contributed by atoms with Gasteiger partial charge in [0.15, 0.2) is 0 Å². The van der Waals surface area contributed by atoms with Crippen molar-refractivity contribution in [2.24, 2.45) is 0 Å². The van der Waals surface area contributed by atoms with Gasteiger partial charge in [-0.2, -0.15) is 0 Å². The normalized spacial score (nSPS) is 25.1. The van der Waals surface area contributed by atoms with E-state index in [0.717, 1.165) is 0 Å². The number of ketones is 1. The zero-order chi connectivity index (χ0) is 16.1. The molecule has 22 heavy (non-hydrogen) atoms. The highest BCUT2D eigenvalue weighted by molar-refractivity contribution is 6.30. The van der Waals surface area contributed by atoms with Gasteiger partial charge >= 0.3 is 0 Å². The smallest absolute Gasteiger partial charge is 0.250 e. The van der Waals surface area contributed by atoms with Crippen LogP contribution in [0, 0.1) is 5.82 Å². The number of halogens is 2. The molecule has 1 aromatic carbocycles. The summed E-state index contributed by atoms with van der Waals surface area (Å²) >= 11 is 5.74. The zero-order valence-electron chi connectivity index (χ0n) is 11.7. The third kappa shape index (κ3) is 1.98. The van der Waals surface area contributed by atoms with Gasteiger partial charge in [-0.15, -0.1) is 0 Å². The number of carbonyl (C=O) groups is 2. The highest BCUT2D eigenvalue weighted by Gasteiger charge is 2.51. The minimum Gasteiger partial charge on any atom is -0.501 e. The highest BCUT2D eigenvalue weighted by atomic mass is 35.5. The molecule has 0 radical (unpaired) electrons. The number of amides is 1. The first-order valence-electron chi connectivity index (χ1n) is 6.78. The fourth-order valence-corrected chi connectivity index (χ4v) is 2.88. The Bertz CT molecular complexity index is 717. The number of hydrogen-bond acceptors (Lipinski definition) is 4. The Balaban J connectivity index is 2.03. The Morgan fingerprint density at radius 1 is 1.41 bits per heavy atom. The van der Waals surface area contributed by atoms with Crippen molar-refractivity contribution in [1.82, 2.24) is 4.90 Å². The fourth-order valence-electron chi connectivity index (χ4n) is 2.71. The molecule has 0 saturated carbocycles. The van der Waals surface area contributed by atoms with Gasteiger partial charge in [-0.25, -0.2) is 4.39 Å². The van der Waals surface area contributed by atoms with Gasteiger partial charge in [-0.05, 0) is 19.4 Å². The topological polar surface area (TPSA) is 66.8 Å². The van der Waals surface area contributed by atoms with Crippen molar-refractivity contribution < 1.29 is 23.8 Å². The molecule has 1 aromatic rings. The second-order valence-electron chi connectivity index (χ2n) is 5.37. The Hall–Kier alpha value is -2.08. The summed E-state index contributed by atoms with van der Waals surface area (Å²) in [6.07, 6.45) is 0.923. The molecular weight excluding hydrogens is 313 g/mol. The maximum atomic E-state index is 14.2. The van der Waals surface area contributed by atoms with Crippen molar-refractivity contribution in [3.63, 3.8) is 0 Å². The van der Waals surface area contributed by atoms with Crippen LogP contribution in [-0.2, 0) is 19.9 Å². The number of carbonyl (C=O) groups excluding carboxylic acids is 2. The second-order valence-corrected chi connectivity index (χ2v) is 5.78. The lowest BCUT2D eigenvalue weighted by molar-refractivity contribution is -0.137.